The lowest BCUT2D eigenvalue weighted by atomic mass is 9.93. The molecule has 9 heteroatoms. The lowest BCUT2D eigenvalue weighted by Gasteiger charge is -2.26. The second kappa shape index (κ2) is 8.45. The van der Waals surface area contributed by atoms with E-state index in [0.29, 0.717) is 23.2 Å². The molecule has 0 atom stereocenters. The highest BCUT2D eigenvalue weighted by atomic mass is 16.3. The molecule has 1 aliphatic carbocycles. The third-order valence-corrected chi connectivity index (χ3v) is 5.21. The zero-order valence-corrected chi connectivity index (χ0v) is 16.7. The second-order valence-corrected chi connectivity index (χ2v) is 7.44. The van der Waals surface area contributed by atoms with E-state index in [-0.39, 0.29) is 12.1 Å². The van der Waals surface area contributed by atoms with E-state index in [0.717, 1.165) is 36.9 Å². The minimum Gasteiger partial charge on any atom is -0.393 e. The Morgan fingerprint density at radius 1 is 1.00 bits per heavy atom. The molecule has 0 amide bonds. The molecule has 154 valence electrons. The zero-order valence-electron chi connectivity index (χ0n) is 16.7. The molecule has 5 rings (SSSR count). The maximum atomic E-state index is 9.67. The van der Waals surface area contributed by atoms with Gasteiger partial charge in [0.2, 0.25) is 5.95 Å². The summed E-state index contributed by atoms with van der Waals surface area (Å²) in [4.78, 5) is 17.8. The van der Waals surface area contributed by atoms with Gasteiger partial charge in [-0.2, -0.15) is 0 Å². The monoisotopic (exact) mass is 412 g/mol. The first-order valence-corrected chi connectivity index (χ1v) is 10.2. The number of hydrogen-bond acceptors (Lipinski definition) is 8. The number of nitrogens with zero attached hydrogens (tertiary/aromatic N) is 7. The van der Waals surface area contributed by atoms with Gasteiger partial charge in [-0.3, -0.25) is 4.40 Å². The van der Waals surface area contributed by atoms with Crippen molar-refractivity contribution in [2.45, 2.75) is 37.8 Å². The number of hydrogen-bond donors (Lipinski definition) is 2. The van der Waals surface area contributed by atoms with Crippen molar-refractivity contribution in [2.75, 3.05) is 5.32 Å². The van der Waals surface area contributed by atoms with Crippen LogP contribution in [0.5, 0.6) is 0 Å². The molecule has 0 bridgehead atoms. The number of aromatic nitrogens is 7. The van der Waals surface area contributed by atoms with Gasteiger partial charge in [-0.1, -0.05) is 5.92 Å². The minimum atomic E-state index is -0.194. The topological polar surface area (TPSA) is 114 Å². The minimum absolute atomic E-state index is 0.194. The standard InChI is InChI=1S/C22H20N8O/c31-18-5-3-16(4-6-18)27-22-24-11-8-19(28-22)21-23-10-7-17(26-21)2-1-15-9-12-30-14-25-29-20(30)13-15/h7-14,16,18,31H,3-6H2,(H,24,27,28). The van der Waals surface area contributed by atoms with Gasteiger partial charge in [0.15, 0.2) is 11.5 Å². The van der Waals surface area contributed by atoms with Crippen LogP contribution >= 0.6 is 0 Å². The number of fused-ring (bicyclic) bond motifs is 1. The number of rotatable bonds is 3. The van der Waals surface area contributed by atoms with E-state index in [1.165, 1.54) is 0 Å². The van der Waals surface area contributed by atoms with E-state index in [2.05, 4.69) is 47.3 Å². The summed E-state index contributed by atoms with van der Waals surface area (Å²) in [6, 6.07) is 7.58. The number of aliphatic hydroxyl groups excluding tert-OH is 1. The molecule has 0 radical (unpaired) electrons. The third-order valence-electron chi connectivity index (χ3n) is 5.21. The fraction of sp³-hybridized carbons (Fsp3) is 0.273. The highest BCUT2D eigenvalue weighted by Gasteiger charge is 2.20. The van der Waals surface area contributed by atoms with E-state index in [1.54, 1.807) is 30.9 Å². The van der Waals surface area contributed by atoms with Gasteiger partial charge in [0.25, 0.3) is 0 Å². The van der Waals surface area contributed by atoms with Crippen molar-refractivity contribution in [3.8, 4) is 23.4 Å². The normalized spacial score (nSPS) is 18.4. The molecule has 2 N–H and O–H groups in total. The van der Waals surface area contributed by atoms with E-state index in [9.17, 15) is 5.11 Å². The van der Waals surface area contributed by atoms with Crippen molar-refractivity contribution < 1.29 is 5.11 Å². The van der Waals surface area contributed by atoms with Crippen LogP contribution in [0.2, 0.25) is 0 Å². The van der Waals surface area contributed by atoms with Gasteiger partial charge in [0.05, 0.1) is 6.10 Å². The number of nitrogens with one attached hydrogen (secondary N) is 1. The van der Waals surface area contributed by atoms with E-state index < -0.39 is 0 Å². The van der Waals surface area contributed by atoms with Crippen LogP contribution < -0.4 is 5.32 Å². The maximum Gasteiger partial charge on any atom is 0.223 e. The average molecular weight is 412 g/mol. The van der Waals surface area contributed by atoms with E-state index in [1.807, 2.05) is 22.7 Å². The van der Waals surface area contributed by atoms with Crippen LogP contribution in [-0.4, -0.2) is 51.8 Å². The summed E-state index contributed by atoms with van der Waals surface area (Å²) in [7, 11) is 0. The van der Waals surface area contributed by atoms with Crippen LogP contribution in [0.3, 0.4) is 0 Å². The number of aliphatic hydroxyl groups is 1. The Morgan fingerprint density at radius 3 is 2.77 bits per heavy atom. The van der Waals surface area contributed by atoms with Gasteiger partial charge in [0.1, 0.15) is 17.7 Å². The summed E-state index contributed by atoms with van der Waals surface area (Å²) in [5.74, 6) is 7.21. The van der Waals surface area contributed by atoms with Gasteiger partial charge >= 0.3 is 0 Å². The summed E-state index contributed by atoms with van der Waals surface area (Å²) < 4.78 is 1.82. The summed E-state index contributed by atoms with van der Waals surface area (Å²) in [5.41, 5.74) is 2.79. The molecule has 9 nitrogen and oxygen atoms in total. The highest BCUT2D eigenvalue weighted by Crippen LogP contribution is 2.21. The van der Waals surface area contributed by atoms with Crippen molar-refractivity contribution in [3.63, 3.8) is 0 Å². The Balaban J connectivity index is 1.34. The lowest BCUT2D eigenvalue weighted by molar-refractivity contribution is 0.126. The maximum absolute atomic E-state index is 9.67. The summed E-state index contributed by atoms with van der Waals surface area (Å²) in [6.07, 6.45) is 10.1. The van der Waals surface area contributed by atoms with Gasteiger partial charge in [0, 0.05) is 30.2 Å². The lowest BCUT2D eigenvalue weighted by Crippen LogP contribution is -2.28. The van der Waals surface area contributed by atoms with Crippen LogP contribution in [-0.2, 0) is 0 Å². The van der Waals surface area contributed by atoms with Crippen molar-refractivity contribution >= 4 is 11.6 Å². The fourth-order valence-corrected chi connectivity index (χ4v) is 3.54. The molecule has 0 unspecified atom stereocenters. The molecule has 0 spiro atoms. The molecule has 31 heavy (non-hydrogen) atoms. The fourth-order valence-electron chi connectivity index (χ4n) is 3.54. The van der Waals surface area contributed by atoms with Crippen LogP contribution in [0.25, 0.3) is 17.2 Å². The third kappa shape index (κ3) is 4.49. The first-order chi connectivity index (χ1) is 15.2. The highest BCUT2D eigenvalue weighted by molar-refractivity contribution is 5.53. The predicted molar refractivity (Wildman–Crippen MR) is 114 cm³/mol. The van der Waals surface area contributed by atoms with Crippen LogP contribution in [0.15, 0.2) is 49.2 Å². The average Bonchev–Trinajstić information content (AvgIpc) is 3.28. The summed E-state index contributed by atoms with van der Waals surface area (Å²) >= 11 is 0. The van der Waals surface area contributed by atoms with E-state index in [4.69, 9.17) is 0 Å². The Kier molecular flexibility index (Phi) is 5.21. The van der Waals surface area contributed by atoms with Gasteiger partial charge in [-0.05, 0) is 55.9 Å². The Labute approximate surface area is 178 Å². The molecular formula is C22H20N8O. The SMILES string of the molecule is OC1CCC(Nc2nccc(-c3nccc(C#Cc4ccn5cnnc5c4)n3)n2)CC1. The zero-order chi connectivity index (χ0) is 21.0. The van der Waals surface area contributed by atoms with Crippen molar-refractivity contribution in [1.29, 1.82) is 0 Å². The molecule has 1 fully saturated rings. The molecule has 4 aromatic heterocycles. The van der Waals surface area contributed by atoms with Crippen LogP contribution in [0.4, 0.5) is 5.95 Å². The largest absolute Gasteiger partial charge is 0.393 e. The first kappa shape index (κ1) is 19.1. The first-order valence-electron chi connectivity index (χ1n) is 10.2. The molecule has 1 saturated carbocycles. The summed E-state index contributed by atoms with van der Waals surface area (Å²) in [5, 5.41) is 20.9. The second-order valence-electron chi connectivity index (χ2n) is 7.44. The van der Waals surface area contributed by atoms with Crippen molar-refractivity contribution in [1.82, 2.24) is 34.5 Å². The van der Waals surface area contributed by atoms with Gasteiger partial charge in [-0.25, -0.2) is 19.9 Å². The molecule has 0 saturated heterocycles. The van der Waals surface area contributed by atoms with Gasteiger partial charge in [-0.15, -0.1) is 10.2 Å². The Morgan fingerprint density at radius 2 is 1.87 bits per heavy atom. The number of anilines is 1. The molecule has 4 heterocycles. The van der Waals surface area contributed by atoms with Gasteiger partial charge < -0.3 is 10.4 Å². The van der Waals surface area contributed by atoms with Crippen LogP contribution in [0, 0.1) is 11.8 Å². The molecule has 0 aliphatic heterocycles. The quantitative estimate of drug-likeness (QED) is 0.492. The van der Waals surface area contributed by atoms with Crippen molar-refractivity contribution in [2.24, 2.45) is 0 Å². The smallest absolute Gasteiger partial charge is 0.223 e. The van der Waals surface area contributed by atoms with Crippen molar-refractivity contribution in [3.05, 3.63) is 60.4 Å². The Bertz CT molecular complexity index is 1270. The summed E-state index contributed by atoms with van der Waals surface area (Å²) in [6.45, 7) is 0. The molecule has 4 aromatic rings. The molecule has 0 aromatic carbocycles. The Hall–Kier alpha value is -3.90. The van der Waals surface area contributed by atoms with E-state index >= 15 is 0 Å². The van der Waals surface area contributed by atoms with Crippen LogP contribution in [0.1, 0.15) is 36.9 Å². The predicted octanol–water partition coefficient (Wildman–Crippen LogP) is 2.09. The molecular weight excluding hydrogens is 392 g/mol. The molecule has 1 aliphatic rings. The number of pyridine rings is 1.